The Morgan fingerprint density at radius 3 is 2.76 bits per heavy atom. The maximum absolute atomic E-state index is 12.7. The second-order valence-electron chi connectivity index (χ2n) is 7.64. The first-order valence-electron chi connectivity index (χ1n) is 9.59. The largest absolute Gasteiger partial charge is 0.340 e. The number of rotatable bonds is 5. The van der Waals surface area contributed by atoms with Crippen molar-refractivity contribution >= 4 is 18.3 Å². The summed E-state index contributed by atoms with van der Waals surface area (Å²) in [6.45, 7) is 5.75. The maximum atomic E-state index is 12.7. The Labute approximate surface area is 176 Å². The molecule has 1 aliphatic heterocycles. The fourth-order valence-corrected chi connectivity index (χ4v) is 3.39. The van der Waals surface area contributed by atoms with Crippen molar-refractivity contribution in [3.05, 3.63) is 60.2 Å². The number of carbonyl (C=O) groups excluding carboxylic acids is 1. The highest BCUT2D eigenvalue weighted by Gasteiger charge is 2.28. The Balaban J connectivity index is 0.00000240. The lowest BCUT2D eigenvalue weighted by molar-refractivity contribution is 0.0903. The zero-order valence-corrected chi connectivity index (χ0v) is 17.4. The van der Waals surface area contributed by atoms with Crippen LogP contribution in [0.3, 0.4) is 0 Å². The summed E-state index contributed by atoms with van der Waals surface area (Å²) in [5.74, 6) is -0.221. The standard InChI is InChI=1S/C20H25N7O.ClH/c1-20(2,18-14-27(25-23-18)15-7-4-3-5-8-15)22-19(28)17-10-12-26(24-17)16-9-6-11-21-13-16;/h3-5,7-8,10,12,14,16,21H,6,9,11,13H2,1-2H3,(H,22,28);1H. The van der Waals surface area contributed by atoms with Gasteiger partial charge in [0.2, 0.25) is 0 Å². The van der Waals surface area contributed by atoms with E-state index in [0.717, 1.165) is 31.6 Å². The Hall–Kier alpha value is -2.71. The van der Waals surface area contributed by atoms with Gasteiger partial charge in [0, 0.05) is 12.7 Å². The molecule has 154 valence electrons. The number of benzene rings is 1. The highest BCUT2D eigenvalue weighted by molar-refractivity contribution is 5.92. The van der Waals surface area contributed by atoms with Crippen molar-refractivity contribution in [2.75, 3.05) is 13.1 Å². The molecule has 3 heterocycles. The number of halogens is 1. The van der Waals surface area contributed by atoms with Crippen molar-refractivity contribution in [2.45, 2.75) is 38.3 Å². The van der Waals surface area contributed by atoms with E-state index in [1.54, 1.807) is 10.7 Å². The van der Waals surface area contributed by atoms with E-state index in [4.69, 9.17) is 0 Å². The number of piperidine rings is 1. The van der Waals surface area contributed by atoms with Gasteiger partial charge in [0.05, 0.1) is 23.5 Å². The number of hydrogen-bond donors (Lipinski definition) is 2. The van der Waals surface area contributed by atoms with Gasteiger partial charge in [-0.1, -0.05) is 23.4 Å². The van der Waals surface area contributed by atoms with Crippen LogP contribution in [0.2, 0.25) is 0 Å². The molecule has 0 spiro atoms. The van der Waals surface area contributed by atoms with Gasteiger partial charge >= 0.3 is 0 Å². The van der Waals surface area contributed by atoms with E-state index >= 15 is 0 Å². The third-order valence-corrected chi connectivity index (χ3v) is 5.07. The lowest BCUT2D eigenvalue weighted by atomic mass is 10.0. The third-order valence-electron chi connectivity index (χ3n) is 5.07. The maximum Gasteiger partial charge on any atom is 0.272 e. The first-order chi connectivity index (χ1) is 13.5. The molecular formula is C20H26ClN7O. The summed E-state index contributed by atoms with van der Waals surface area (Å²) in [5.41, 5.74) is 1.33. The number of nitrogens with one attached hydrogen (secondary N) is 2. The van der Waals surface area contributed by atoms with E-state index in [1.807, 2.05) is 61.3 Å². The van der Waals surface area contributed by atoms with E-state index in [9.17, 15) is 4.79 Å². The number of aromatic nitrogens is 5. The first kappa shape index (κ1) is 21.0. The second kappa shape index (κ2) is 8.75. The minimum Gasteiger partial charge on any atom is -0.340 e. The van der Waals surface area contributed by atoms with Gasteiger partial charge in [-0.2, -0.15) is 5.10 Å². The fourth-order valence-electron chi connectivity index (χ4n) is 3.39. The van der Waals surface area contributed by atoms with Crippen LogP contribution in [0.15, 0.2) is 48.8 Å². The monoisotopic (exact) mass is 415 g/mol. The SMILES string of the molecule is CC(C)(NC(=O)c1ccn(C2CCCNC2)n1)c1cn(-c2ccccc2)nn1.Cl. The Morgan fingerprint density at radius 2 is 2.03 bits per heavy atom. The molecule has 0 saturated carbocycles. The van der Waals surface area contributed by atoms with Crippen LogP contribution in [0, 0.1) is 0 Å². The Kier molecular flexibility index (Phi) is 6.34. The van der Waals surface area contributed by atoms with Crippen LogP contribution in [0.4, 0.5) is 0 Å². The molecule has 3 aromatic rings. The van der Waals surface area contributed by atoms with E-state index in [-0.39, 0.29) is 18.3 Å². The molecule has 2 N–H and O–H groups in total. The molecule has 1 unspecified atom stereocenters. The van der Waals surface area contributed by atoms with Crippen LogP contribution in [0.1, 0.15) is 48.9 Å². The van der Waals surface area contributed by atoms with Crippen LogP contribution in [0.5, 0.6) is 0 Å². The molecule has 8 nitrogen and oxygen atoms in total. The van der Waals surface area contributed by atoms with Crippen LogP contribution < -0.4 is 10.6 Å². The van der Waals surface area contributed by atoms with E-state index in [2.05, 4.69) is 26.0 Å². The average molecular weight is 416 g/mol. The smallest absolute Gasteiger partial charge is 0.272 e. The third kappa shape index (κ3) is 4.65. The number of hydrogen-bond acceptors (Lipinski definition) is 5. The van der Waals surface area contributed by atoms with Crippen molar-refractivity contribution in [2.24, 2.45) is 0 Å². The first-order valence-corrected chi connectivity index (χ1v) is 9.59. The number of para-hydroxylation sites is 1. The molecule has 9 heteroatoms. The lowest BCUT2D eigenvalue weighted by Crippen LogP contribution is -2.41. The fraction of sp³-hybridized carbons (Fsp3) is 0.400. The number of nitrogens with zero attached hydrogens (tertiary/aromatic N) is 5. The van der Waals surface area contributed by atoms with Crippen molar-refractivity contribution < 1.29 is 4.79 Å². The quantitative estimate of drug-likeness (QED) is 0.668. The predicted octanol–water partition coefficient (Wildman–Crippen LogP) is 2.48. The molecule has 29 heavy (non-hydrogen) atoms. The van der Waals surface area contributed by atoms with Crippen molar-refractivity contribution in [3.63, 3.8) is 0 Å². The molecule has 0 bridgehead atoms. The molecule has 0 radical (unpaired) electrons. The topological polar surface area (TPSA) is 89.7 Å². The van der Waals surface area contributed by atoms with E-state index in [0.29, 0.717) is 17.4 Å². The molecule has 4 rings (SSSR count). The van der Waals surface area contributed by atoms with Gasteiger partial charge in [-0.25, -0.2) is 4.68 Å². The van der Waals surface area contributed by atoms with Crippen LogP contribution in [-0.4, -0.2) is 43.8 Å². The second-order valence-corrected chi connectivity index (χ2v) is 7.64. The van der Waals surface area contributed by atoms with Crippen LogP contribution in [-0.2, 0) is 5.54 Å². The van der Waals surface area contributed by atoms with Gasteiger partial charge in [-0.3, -0.25) is 9.48 Å². The predicted molar refractivity (Wildman–Crippen MR) is 112 cm³/mol. The van der Waals surface area contributed by atoms with Gasteiger partial charge < -0.3 is 10.6 Å². The summed E-state index contributed by atoms with van der Waals surface area (Å²) in [7, 11) is 0. The number of carbonyl (C=O) groups is 1. The van der Waals surface area contributed by atoms with Gasteiger partial charge in [0.15, 0.2) is 0 Å². The zero-order valence-electron chi connectivity index (χ0n) is 16.6. The van der Waals surface area contributed by atoms with Crippen molar-refractivity contribution in [3.8, 4) is 5.69 Å². The molecular weight excluding hydrogens is 390 g/mol. The Bertz CT molecular complexity index is 945. The summed E-state index contributed by atoms with van der Waals surface area (Å²) < 4.78 is 3.59. The summed E-state index contributed by atoms with van der Waals surface area (Å²) in [6.07, 6.45) is 5.91. The highest BCUT2D eigenvalue weighted by atomic mass is 35.5. The summed E-state index contributed by atoms with van der Waals surface area (Å²) >= 11 is 0. The lowest BCUT2D eigenvalue weighted by Gasteiger charge is -2.24. The van der Waals surface area contributed by atoms with Crippen LogP contribution in [0.25, 0.3) is 5.69 Å². The van der Waals surface area contributed by atoms with Gasteiger partial charge in [-0.05, 0) is 51.4 Å². The van der Waals surface area contributed by atoms with Gasteiger partial charge in [-0.15, -0.1) is 17.5 Å². The molecule has 1 aromatic carbocycles. The van der Waals surface area contributed by atoms with E-state index in [1.165, 1.54) is 0 Å². The minimum absolute atomic E-state index is 0. The Morgan fingerprint density at radius 1 is 1.24 bits per heavy atom. The molecule has 1 saturated heterocycles. The molecule has 0 aliphatic carbocycles. The number of amides is 1. The average Bonchev–Trinajstić information content (AvgIpc) is 3.40. The highest BCUT2D eigenvalue weighted by Crippen LogP contribution is 2.20. The summed E-state index contributed by atoms with van der Waals surface area (Å²) in [4.78, 5) is 12.7. The van der Waals surface area contributed by atoms with Crippen molar-refractivity contribution in [1.29, 1.82) is 0 Å². The zero-order chi connectivity index (χ0) is 19.6. The molecule has 1 atom stereocenters. The molecule has 1 amide bonds. The van der Waals surface area contributed by atoms with Gasteiger partial charge in [0.1, 0.15) is 11.4 Å². The normalized spacial score (nSPS) is 16.8. The molecule has 1 aliphatic rings. The minimum atomic E-state index is -0.680. The van der Waals surface area contributed by atoms with Crippen LogP contribution >= 0.6 is 12.4 Å². The molecule has 1 fully saturated rings. The summed E-state index contributed by atoms with van der Waals surface area (Å²) in [6, 6.07) is 11.8. The van der Waals surface area contributed by atoms with Gasteiger partial charge in [0.25, 0.3) is 5.91 Å². The van der Waals surface area contributed by atoms with Crippen molar-refractivity contribution in [1.82, 2.24) is 35.4 Å². The molecule has 2 aromatic heterocycles. The van der Waals surface area contributed by atoms with E-state index < -0.39 is 5.54 Å². The summed E-state index contributed by atoms with van der Waals surface area (Å²) in [5, 5.41) is 19.3.